The SMILES string of the molecule is CCOC(=O)C(Oc1ncnc2sc(-c3ccc(F)o3)c(-c3ccc(OCCNCCNC)c(Cl)c3C)c12)C(F)c1ccccc1OCc1ccnn1CC(F)(F)F. The summed E-state index contributed by atoms with van der Waals surface area (Å²) in [5.41, 5.74) is 1.43. The van der Waals surface area contributed by atoms with Gasteiger partial charge < -0.3 is 34.0 Å². The molecule has 0 saturated heterocycles. The number of carbonyl (C=O) groups is 1. The first kappa shape index (κ1) is 42.3. The quantitative estimate of drug-likeness (QED) is 0.0464. The minimum Gasteiger partial charge on any atom is -0.491 e. The number of fused-ring (bicyclic) bond motifs is 1. The number of para-hydroxylation sites is 1. The lowest BCUT2D eigenvalue weighted by Gasteiger charge is -2.23. The van der Waals surface area contributed by atoms with Gasteiger partial charge in [0.1, 0.15) is 48.2 Å². The van der Waals surface area contributed by atoms with E-state index in [0.717, 1.165) is 35.2 Å². The molecular formula is C39H38ClF5N6O6S. The number of hydrogen-bond acceptors (Lipinski definition) is 12. The number of carbonyl (C=O) groups excluding carboxylic acids is 1. The van der Waals surface area contributed by atoms with E-state index in [1.165, 1.54) is 48.9 Å². The number of furan rings is 1. The molecule has 0 bridgehead atoms. The summed E-state index contributed by atoms with van der Waals surface area (Å²) in [6.07, 6.45) is -6.40. The highest BCUT2D eigenvalue weighted by Gasteiger charge is 2.37. The lowest BCUT2D eigenvalue weighted by molar-refractivity contribution is -0.155. The Hall–Kier alpha value is -5.30. The Kier molecular flexibility index (Phi) is 13.8. The fourth-order valence-corrected chi connectivity index (χ4v) is 7.33. The molecule has 2 aromatic carbocycles. The molecule has 0 radical (unpaired) electrons. The summed E-state index contributed by atoms with van der Waals surface area (Å²) in [5, 5.41) is 10.6. The number of nitrogens with one attached hydrogen (secondary N) is 2. The van der Waals surface area contributed by atoms with Gasteiger partial charge in [-0.3, -0.25) is 4.68 Å². The maximum absolute atomic E-state index is 16.9. The van der Waals surface area contributed by atoms with Crippen LogP contribution in [0.2, 0.25) is 5.02 Å². The van der Waals surface area contributed by atoms with Crippen LogP contribution < -0.4 is 24.8 Å². The molecular weight excluding hydrogens is 811 g/mol. The second kappa shape index (κ2) is 19.0. The lowest BCUT2D eigenvalue weighted by atomic mass is 9.97. The van der Waals surface area contributed by atoms with E-state index >= 15 is 4.39 Å². The van der Waals surface area contributed by atoms with Crippen molar-refractivity contribution in [3.05, 3.63) is 95.0 Å². The molecule has 2 atom stereocenters. The van der Waals surface area contributed by atoms with Gasteiger partial charge in [-0.2, -0.15) is 22.7 Å². The molecule has 0 fully saturated rings. The van der Waals surface area contributed by atoms with Gasteiger partial charge in [-0.25, -0.2) is 19.2 Å². The molecule has 6 rings (SSSR count). The molecule has 0 amide bonds. The van der Waals surface area contributed by atoms with E-state index < -0.39 is 43.6 Å². The third-order valence-corrected chi connectivity index (χ3v) is 10.3. The van der Waals surface area contributed by atoms with Crippen molar-refractivity contribution in [2.75, 3.05) is 39.9 Å². The number of ether oxygens (including phenoxy) is 4. The van der Waals surface area contributed by atoms with Gasteiger partial charge in [-0.1, -0.05) is 35.9 Å². The average Bonchev–Trinajstić information content (AvgIpc) is 3.94. The van der Waals surface area contributed by atoms with E-state index in [0.29, 0.717) is 50.3 Å². The number of alkyl halides is 4. The summed E-state index contributed by atoms with van der Waals surface area (Å²) >= 11 is 7.99. The first-order chi connectivity index (χ1) is 27.9. The highest BCUT2D eigenvalue weighted by atomic mass is 35.5. The molecule has 19 heteroatoms. The monoisotopic (exact) mass is 848 g/mol. The number of rotatable bonds is 19. The predicted octanol–water partition coefficient (Wildman–Crippen LogP) is 8.27. The van der Waals surface area contributed by atoms with Gasteiger partial charge in [0, 0.05) is 43.0 Å². The molecule has 58 heavy (non-hydrogen) atoms. The van der Waals surface area contributed by atoms with E-state index in [-0.39, 0.29) is 40.6 Å². The second-order valence-corrected chi connectivity index (χ2v) is 14.0. The summed E-state index contributed by atoms with van der Waals surface area (Å²) in [6.45, 7) is 3.89. The number of halogens is 6. The summed E-state index contributed by atoms with van der Waals surface area (Å²) in [4.78, 5) is 23.0. The number of aromatic nitrogens is 4. The smallest absolute Gasteiger partial charge is 0.408 e. The maximum Gasteiger partial charge on any atom is 0.408 e. The van der Waals surface area contributed by atoms with Gasteiger partial charge in [0.25, 0.3) is 6.01 Å². The van der Waals surface area contributed by atoms with Crippen LogP contribution >= 0.6 is 22.9 Å². The Bertz CT molecular complexity index is 2340. The number of esters is 1. The van der Waals surface area contributed by atoms with Crippen molar-refractivity contribution < 1.29 is 50.1 Å². The lowest BCUT2D eigenvalue weighted by Crippen LogP contribution is -2.34. The van der Waals surface area contributed by atoms with E-state index in [2.05, 4.69) is 25.7 Å². The average molecular weight is 849 g/mol. The van der Waals surface area contributed by atoms with Crippen LogP contribution in [-0.4, -0.2) is 77.9 Å². The zero-order valence-corrected chi connectivity index (χ0v) is 32.9. The van der Waals surface area contributed by atoms with Crippen LogP contribution in [0, 0.1) is 12.9 Å². The van der Waals surface area contributed by atoms with Gasteiger partial charge in [0.15, 0.2) is 6.17 Å². The Labute approximate surface area is 338 Å². The van der Waals surface area contributed by atoms with Crippen molar-refractivity contribution in [2.24, 2.45) is 0 Å². The van der Waals surface area contributed by atoms with Crippen LogP contribution in [-0.2, 0) is 22.7 Å². The van der Waals surface area contributed by atoms with Gasteiger partial charge in [-0.05, 0) is 56.3 Å². The normalized spacial score (nSPS) is 12.8. The van der Waals surface area contributed by atoms with E-state index in [9.17, 15) is 22.4 Å². The van der Waals surface area contributed by atoms with Crippen molar-refractivity contribution >= 4 is 39.1 Å². The van der Waals surface area contributed by atoms with Crippen LogP contribution in [0.4, 0.5) is 22.0 Å². The minimum absolute atomic E-state index is 0.0693. The Morgan fingerprint density at radius 1 is 1.03 bits per heavy atom. The van der Waals surface area contributed by atoms with Gasteiger partial charge in [-0.15, -0.1) is 11.3 Å². The number of hydrogen-bond donors (Lipinski definition) is 2. The molecule has 2 unspecified atom stereocenters. The summed E-state index contributed by atoms with van der Waals surface area (Å²) < 4.78 is 100.0. The van der Waals surface area contributed by atoms with Crippen molar-refractivity contribution in [2.45, 2.75) is 45.5 Å². The molecule has 0 aliphatic heterocycles. The van der Waals surface area contributed by atoms with Crippen LogP contribution in [0.1, 0.15) is 29.9 Å². The number of benzene rings is 2. The molecule has 308 valence electrons. The highest BCUT2D eigenvalue weighted by molar-refractivity contribution is 7.22. The van der Waals surface area contributed by atoms with Crippen molar-refractivity contribution in [1.29, 1.82) is 0 Å². The van der Waals surface area contributed by atoms with Crippen molar-refractivity contribution in [3.8, 4) is 39.1 Å². The van der Waals surface area contributed by atoms with E-state index in [1.807, 2.05) is 7.05 Å². The van der Waals surface area contributed by atoms with Crippen LogP contribution in [0.15, 0.2) is 71.5 Å². The fraction of sp³-hybridized carbons (Fsp3) is 0.333. The van der Waals surface area contributed by atoms with Crippen molar-refractivity contribution in [3.63, 3.8) is 0 Å². The van der Waals surface area contributed by atoms with Gasteiger partial charge >= 0.3 is 12.1 Å². The Morgan fingerprint density at radius 3 is 2.59 bits per heavy atom. The largest absolute Gasteiger partial charge is 0.491 e. The summed E-state index contributed by atoms with van der Waals surface area (Å²) in [5.74, 6) is -0.790. The van der Waals surface area contributed by atoms with E-state index in [1.54, 1.807) is 26.0 Å². The molecule has 2 N–H and O–H groups in total. The summed E-state index contributed by atoms with van der Waals surface area (Å²) in [6, 6.07) is 12.3. The number of likely N-dealkylation sites (N-methyl/N-ethyl adjacent to an activating group) is 1. The second-order valence-electron chi connectivity index (χ2n) is 12.6. The maximum atomic E-state index is 16.9. The number of nitrogens with zero attached hydrogens (tertiary/aromatic N) is 4. The van der Waals surface area contributed by atoms with Crippen LogP contribution in [0.25, 0.3) is 32.0 Å². The molecule has 12 nitrogen and oxygen atoms in total. The Balaban J connectivity index is 1.38. The number of thiophene rings is 1. The summed E-state index contributed by atoms with van der Waals surface area (Å²) in [7, 11) is 1.86. The Morgan fingerprint density at radius 2 is 1.84 bits per heavy atom. The van der Waals surface area contributed by atoms with Crippen LogP contribution in [0.3, 0.4) is 0 Å². The van der Waals surface area contributed by atoms with Crippen molar-refractivity contribution in [1.82, 2.24) is 30.4 Å². The fourth-order valence-electron chi connectivity index (χ4n) is 6.00. The first-order valence-electron chi connectivity index (χ1n) is 18.0. The molecule has 0 aliphatic rings. The minimum atomic E-state index is -4.54. The first-order valence-corrected chi connectivity index (χ1v) is 19.2. The molecule has 0 saturated carbocycles. The standard InChI is InChI=1S/C39H38ClF5N6O6S/c1-4-53-38(52)34(33(42)25-7-5-6-8-26(25)55-19-23-13-14-50-51(23)20-39(43,44)45)57-36-31-30(35(28-11-12-29(41)56-28)58-37(31)49-21-48-36)24-9-10-27(32(40)22(24)2)54-18-17-47-16-15-46-3/h5-14,21,33-34,46-47H,4,15-20H2,1-3H3. The predicted molar refractivity (Wildman–Crippen MR) is 207 cm³/mol. The van der Waals surface area contributed by atoms with Crippen LogP contribution in [0.5, 0.6) is 17.4 Å². The molecule has 6 aromatic rings. The molecule has 4 aromatic heterocycles. The third kappa shape index (κ3) is 9.86. The topological polar surface area (TPSA) is 135 Å². The zero-order valence-electron chi connectivity index (χ0n) is 31.4. The molecule has 0 spiro atoms. The zero-order chi connectivity index (χ0) is 41.4. The van der Waals surface area contributed by atoms with Gasteiger partial charge in [0.2, 0.25) is 12.0 Å². The van der Waals surface area contributed by atoms with Gasteiger partial charge in [0.05, 0.1) is 27.6 Å². The van der Waals surface area contributed by atoms with E-state index in [4.69, 9.17) is 35.0 Å². The molecule has 4 heterocycles. The molecule has 0 aliphatic carbocycles. The third-order valence-electron chi connectivity index (χ3n) is 8.71. The highest BCUT2D eigenvalue weighted by Crippen LogP contribution is 2.50.